The summed E-state index contributed by atoms with van der Waals surface area (Å²) < 4.78 is 11.9. The molecule has 0 saturated carbocycles. The molecular formula is C32H42N6O4. The van der Waals surface area contributed by atoms with Crippen molar-refractivity contribution >= 4 is 29.5 Å². The van der Waals surface area contributed by atoms with Crippen LogP contribution in [0.2, 0.25) is 0 Å². The second-order valence-corrected chi connectivity index (χ2v) is 11.4. The Labute approximate surface area is 248 Å². The fourth-order valence-electron chi connectivity index (χ4n) is 4.67. The largest absolute Gasteiger partial charge is 0.444 e. The first-order chi connectivity index (χ1) is 20.1. The molecule has 0 saturated heterocycles. The minimum atomic E-state index is -0.555. The van der Waals surface area contributed by atoms with Crippen LogP contribution in [0.1, 0.15) is 61.7 Å². The second kappa shape index (κ2) is 13.7. The third kappa shape index (κ3) is 7.97. The van der Waals surface area contributed by atoms with Gasteiger partial charge in [-0.15, -0.1) is 0 Å². The molecule has 0 aliphatic carbocycles. The highest BCUT2D eigenvalue weighted by Crippen LogP contribution is 2.28. The number of amides is 2. The molecule has 0 bridgehead atoms. The molecule has 1 atom stereocenters. The summed E-state index contributed by atoms with van der Waals surface area (Å²) in [7, 11) is 3.67. The number of likely N-dealkylation sites (N-methyl/N-ethyl adjacent to an activating group) is 1. The maximum atomic E-state index is 13.6. The number of fused-ring (bicyclic) bond motifs is 1. The third-order valence-electron chi connectivity index (χ3n) is 6.88. The van der Waals surface area contributed by atoms with Crippen molar-refractivity contribution in [2.45, 2.75) is 52.4 Å². The van der Waals surface area contributed by atoms with Crippen LogP contribution in [-0.4, -0.2) is 72.7 Å². The van der Waals surface area contributed by atoms with E-state index < -0.39 is 5.60 Å². The Bertz CT molecular complexity index is 1360. The molecule has 10 nitrogen and oxygen atoms in total. The molecule has 0 fully saturated rings. The van der Waals surface area contributed by atoms with Crippen LogP contribution in [0.25, 0.3) is 0 Å². The highest BCUT2D eigenvalue weighted by Gasteiger charge is 2.28. The molecule has 224 valence electrons. The van der Waals surface area contributed by atoms with Gasteiger partial charge >= 0.3 is 6.09 Å². The average Bonchev–Trinajstić information content (AvgIpc) is 3.08. The van der Waals surface area contributed by atoms with Crippen LogP contribution in [0.4, 0.5) is 22.2 Å². The zero-order chi connectivity index (χ0) is 30.3. The Morgan fingerprint density at radius 2 is 1.88 bits per heavy atom. The molecule has 1 aromatic heterocycles. The van der Waals surface area contributed by atoms with Crippen molar-refractivity contribution in [3.05, 3.63) is 77.5 Å². The van der Waals surface area contributed by atoms with E-state index in [4.69, 9.17) is 9.47 Å². The summed E-state index contributed by atoms with van der Waals surface area (Å²) in [6.07, 6.45) is 1.60. The number of ether oxygens (including phenoxy) is 2. The van der Waals surface area contributed by atoms with Gasteiger partial charge in [0, 0.05) is 52.2 Å². The van der Waals surface area contributed by atoms with Gasteiger partial charge in [-0.1, -0.05) is 42.5 Å². The summed E-state index contributed by atoms with van der Waals surface area (Å²) in [4.78, 5) is 40.4. The molecule has 0 radical (unpaired) electrons. The smallest absolute Gasteiger partial charge is 0.410 e. The van der Waals surface area contributed by atoms with Crippen molar-refractivity contribution in [1.82, 2.24) is 14.9 Å². The van der Waals surface area contributed by atoms with E-state index in [2.05, 4.69) is 15.3 Å². The minimum absolute atomic E-state index is 0.136. The molecule has 0 unspecified atom stereocenters. The molecule has 1 N–H and O–H groups in total. The Balaban J connectivity index is 1.47. The van der Waals surface area contributed by atoms with Gasteiger partial charge in [-0.25, -0.2) is 9.78 Å². The van der Waals surface area contributed by atoms with E-state index in [1.807, 2.05) is 94.2 Å². The zero-order valence-corrected chi connectivity index (χ0v) is 25.5. The van der Waals surface area contributed by atoms with Gasteiger partial charge in [-0.05, 0) is 57.4 Å². The number of carbonyl (C=O) groups excluding carboxylic acids is 2. The van der Waals surface area contributed by atoms with Gasteiger partial charge in [0.2, 0.25) is 5.95 Å². The van der Waals surface area contributed by atoms with E-state index in [9.17, 15) is 9.59 Å². The SMILES string of the molecule is CCNc1ncc2c(n1)N(C)CCN(c1cccc(CO[C@H](CCN(C)C(=O)OC(C)(C)C)c3ccccc3)c1)C2=O. The van der Waals surface area contributed by atoms with Gasteiger partial charge in [0.25, 0.3) is 5.91 Å². The zero-order valence-electron chi connectivity index (χ0n) is 25.5. The quantitative estimate of drug-likeness (QED) is 0.338. The molecule has 1 aliphatic rings. The van der Waals surface area contributed by atoms with Crippen molar-refractivity contribution in [3.63, 3.8) is 0 Å². The third-order valence-corrected chi connectivity index (χ3v) is 6.88. The first-order valence-corrected chi connectivity index (χ1v) is 14.4. The maximum absolute atomic E-state index is 13.6. The number of hydrogen-bond donors (Lipinski definition) is 1. The number of rotatable bonds is 10. The fraction of sp³-hybridized carbons (Fsp3) is 0.438. The van der Waals surface area contributed by atoms with E-state index in [0.29, 0.717) is 56.5 Å². The van der Waals surface area contributed by atoms with Crippen molar-refractivity contribution in [2.75, 3.05) is 55.4 Å². The number of benzene rings is 2. The summed E-state index contributed by atoms with van der Waals surface area (Å²) >= 11 is 0. The van der Waals surface area contributed by atoms with Crippen molar-refractivity contribution in [1.29, 1.82) is 0 Å². The number of hydrogen-bond acceptors (Lipinski definition) is 8. The second-order valence-electron chi connectivity index (χ2n) is 11.4. The van der Waals surface area contributed by atoms with Crippen molar-refractivity contribution in [2.24, 2.45) is 0 Å². The number of carbonyl (C=O) groups is 2. The molecule has 2 aromatic carbocycles. The van der Waals surface area contributed by atoms with E-state index >= 15 is 0 Å². The molecule has 4 rings (SSSR count). The normalized spacial score (nSPS) is 14.2. The van der Waals surface area contributed by atoms with Gasteiger partial charge < -0.3 is 29.5 Å². The molecule has 1 aliphatic heterocycles. The van der Waals surface area contributed by atoms with Crippen LogP contribution in [0, 0.1) is 0 Å². The Kier molecular flexibility index (Phi) is 10.0. The van der Waals surface area contributed by atoms with Crippen LogP contribution in [0.15, 0.2) is 60.8 Å². The lowest BCUT2D eigenvalue weighted by molar-refractivity contribution is 0.0137. The van der Waals surface area contributed by atoms with Crippen LogP contribution in [-0.2, 0) is 16.1 Å². The molecule has 2 heterocycles. The van der Waals surface area contributed by atoms with Gasteiger partial charge in [-0.2, -0.15) is 4.98 Å². The van der Waals surface area contributed by atoms with Crippen molar-refractivity contribution < 1.29 is 19.1 Å². The van der Waals surface area contributed by atoms with Crippen molar-refractivity contribution in [3.8, 4) is 0 Å². The lowest BCUT2D eigenvalue weighted by Crippen LogP contribution is -2.35. The lowest BCUT2D eigenvalue weighted by atomic mass is 10.1. The topological polar surface area (TPSA) is 100 Å². The Morgan fingerprint density at radius 3 is 2.60 bits per heavy atom. The van der Waals surface area contributed by atoms with Gasteiger partial charge in [-0.3, -0.25) is 4.79 Å². The predicted octanol–water partition coefficient (Wildman–Crippen LogP) is 5.52. The van der Waals surface area contributed by atoms with E-state index in [0.717, 1.165) is 16.8 Å². The van der Waals surface area contributed by atoms with E-state index in [1.54, 1.807) is 23.0 Å². The van der Waals surface area contributed by atoms with E-state index in [1.165, 1.54) is 0 Å². The minimum Gasteiger partial charge on any atom is -0.444 e. The molecule has 10 heteroatoms. The molecule has 3 aromatic rings. The first kappa shape index (κ1) is 30.8. The summed E-state index contributed by atoms with van der Waals surface area (Å²) in [6.45, 7) is 10.2. The molecular weight excluding hydrogens is 532 g/mol. The number of anilines is 3. The fourth-order valence-corrected chi connectivity index (χ4v) is 4.67. The Hall–Kier alpha value is -4.18. The maximum Gasteiger partial charge on any atom is 0.410 e. The number of nitrogens with one attached hydrogen (secondary N) is 1. The number of aromatic nitrogens is 2. The predicted molar refractivity (Wildman–Crippen MR) is 165 cm³/mol. The summed E-state index contributed by atoms with van der Waals surface area (Å²) in [5.74, 6) is 0.992. The van der Waals surface area contributed by atoms with Gasteiger partial charge in [0.15, 0.2) is 0 Å². The monoisotopic (exact) mass is 574 g/mol. The standard InChI is InChI=1S/C32H42N6O4/c1-7-33-30-34-21-26-28(35-30)36(5)18-19-38(29(26)39)25-15-11-12-23(20-25)22-41-27(24-13-9-8-10-14-24)16-17-37(6)31(40)42-32(2,3)4/h8-15,20-21,27H,7,16-19,22H2,1-6H3,(H,33,34,35)/t27-/m1/s1. The van der Waals surface area contributed by atoms with Crippen LogP contribution >= 0.6 is 0 Å². The number of nitrogens with zero attached hydrogens (tertiary/aromatic N) is 5. The molecule has 42 heavy (non-hydrogen) atoms. The van der Waals surface area contributed by atoms with Crippen LogP contribution in [0.5, 0.6) is 0 Å². The summed E-state index contributed by atoms with van der Waals surface area (Å²) in [6, 6.07) is 17.8. The average molecular weight is 575 g/mol. The van der Waals surface area contributed by atoms with Crippen LogP contribution < -0.4 is 15.1 Å². The Morgan fingerprint density at radius 1 is 1.12 bits per heavy atom. The molecule has 2 amide bonds. The van der Waals surface area contributed by atoms with Crippen LogP contribution in [0.3, 0.4) is 0 Å². The lowest BCUT2D eigenvalue weighted by Gasteiger charge is -2.26. The van der Waals surface area contributed by atoms with Gasteiger partial charge in [0.05, 0.1) is 12.7 Å². The summed E-state index contributed by atoms with van der Waals surface area (Å²) in [5, 5.41) is 3.11. The van der Waals surface area contributed by atoms with Gasteiger partial charge in [0.1, 0.15) is 17.0 Å². The highest BCUT2D eigenvalue weighted by molar-refractivity contribution is 6.09. The molecule has 0 spiro atoms. The van der Waals surface area contributed by atoms with E-state index in [-0.39, 0.29) is 18.1 Å². The summed E-state index contributed by atoms with van der Waals surface area (Å²) in [5.41, 5.74) is 2.68. The first-order valence-electron chi connectivity index (χ1n) is 14.4. The highest BCUT2D eigenvalue weighted by atomic mass is 16.6.